The summed E-state index contributed by atoms with van der Waals surface area (Å²) in [4.78, 5) is 2.71. The van der Waals surface area contributed by atoms with Crippen LogP contribution in [-0.2, 0) is 4.74 Å². The second kappa shape index (κ2) is 5.23. The fourth-order valence-corrected chi connectivity index (χ4v) is 4.38. The summed E-state index contributed by atoms with van der Waals surface area (Å²) in [5, 5.41) is 0. The average Bonchev–Trinajstić information content (AvgIpc) is 2.23. The summed E-state index contributed by atoms with van der Waals surface area (Å²) in [6.07, 6.45) is 0. The maximum absolute atomic E-state index is 6.74. The van der Waals surface area contributed by atoms with Crippen molar-refractivity contribution < 1.29 is 4.74 Å². The molecule has 0 aromatic heterocycles. The highest BCUT2D eigenvalue weighted by atomic mass is 16.5. The van der Waals surface area contributed by atoms with Crippen LogP contribution in [0.15, 0.2) is 0 Å². The van der Waals surface area contributed by atoms with E-state index in [0.29, 0.717) is 18.0 Å². The molecule has 0 N–H and O–H groups in total. The summed E-state index contributed by atoms with van der Waals surface area (Å²) in [5.41, 5.74) is -0.342. The lowest BCUT2D eigenvalue weighted by Crippen LogP contribution is -2.64. The molecule has 2 heteroatoms. The molecule has 1 aliphatic rings. The number of hydrogen-bond acceptors (Lipinski definition) is 2. The predicted octanol–water partition coefficient (Wildman–Crippen LogP) is 5.11. The van der Waals surface area contributed by atoms with Crippen LogP contribution in [0, 0.1) is 11.3 Å². The Kier molecular flexibility index (Phi) is 4.73. The van der Waals surface area contributed by atoms with Crippen molar-refractivity contribution in [3.63, 3.8) is 0 Å². The molecule has 0 aromatic carbocycles. The highest BCUT2D eigenvalue weighted by Gasteiger charge is 2.60. The molecule has 0 bridgehead atoms. The van der Waals surface area contributed by atoms with E-state index in [-0.39, 0.29) is 22.2 Å². The van der Waals surface area contributed by atoms with Crippen molar-refractivity contribution >= 4 is 0 Å². The lowest BCUT2D eigenvalue weighted by atomic mass is 9.67. The molecule has 1 rings (SSSR count). The minimum atomic E-state index is -0.207. The molecule has 0 aliphatic carbocycles. The van der Waals surface area contributed by atoms with Crippen molar-refractivity contribution in [2.75, 3.05) is 0 Å². The van der Waals surface area contributed by atoms with Gasteiger partial charge in [-0.2, -0.15) is 0 Å². The van der Waals surface area contributed by atoms with Gasteiger partial charge in [-0.1, -0.05) is 27.7 Å². The molecule has 0 saturated carbocycles. The molecule has 1 atom stereocenters. The maximum atomic E-state index is 6.74. The fourth-order valence-electron chi connectivity index (χ4n) is 4.38. The van der Waals surface area contributed by atoms with Crippen LogP contribution in [0.4, 0.5) is 0 Å². The maximum Gasteiger partial charge on any atom is 0.0811 e. The summed E-state index contributed by atoms with van der Waals surface area (Å²) >= 11 is 0. The van der Waals surface area contributed by atoms with Gasteiger partial charge in [0.1, 0.15) is 0 Å². The Bertz CT molecular complexity index is 341. The topological polar surface area (TPSA) is 12.5 Å². The zero-order chi connectivity index (χ0) is 17.0. The number of ether oxygens (including phenoxy) is 1. The van der Waals surface area contributed by atoms with Crippen molar-refractivity contribution in [1.29, 1.82) is 0 Å². The van der Waals surface area contributed by atoms with Crippen LogP contribution in [0.3, 0.4) is 0 Å². The normalized spacial score (nSPS) is 31.4. The highest BCUT2D eigenvalue weighted by molar-refractivity contribution is 5.11. The first-order valence-corrected chi connectivity index (χ1v) is 8.58. The van der Waals surface area contributed by atoms with Crippen molar-refractivity contribution in [1.82, 2.24) is 4.90 Å². The van der Waals surface area contributed by atoms with Gasteiger partial charge < -0.3 is 4.74 Å². The van der Waals surface area contributed by atoms with Crippen molar-refractivity contribution in [2.24, 2.45) is 11.3 Å². The zero-order valence-electron chi connectivity index (χ0n) is 16.6. The summed E-state index contributed by atoms with van der Waals surface area (Å²) in [7, 11) is 0. The Morgan fingerprint density at radius 2 is 1.19 bits per heavy atom. The molecule has 1 heterocycles. The summed E-state index contributed by atoms with van der Waals surface area (Å²) in [5.74, 6) is 0.582. The highest BCUT2D eigenvalue weighted by Crippen LogP contribution is 2.52. The third-order valence-electron chi connectivity index (χ3n) is 6.41. The molecule has 0 aromatic rings. The second-order valence-corrected chi connectivity index (χ2v) is 9.59. The van der Waals surface area contributed by atoms with Gasteiger partial charge in [0.05, 0.1) is 11.2 Å². The molecule has 21 heavy (non-hydrogen) atoms. The lowest BCUT2D eigenvalue weighted by Gasteiger charge is -2.54. The second-order valence-electron chi connectivity index (χ2n) is 9.59. The first kappa shape index (κ1) is 19.0. The molecule has 1 aliphatic heterocycles. The van der Waals surface area contributed by atoms with Crippen LogP contribution < -0.4 is 0 Å². The van der Waals surface area contributed by atoms with E-state index >= 15 is 0 Å². The Labute approximate surface area is 133 Å². The first-order valence-electron chi connectivity index (χ1n) is 8.58. The molecule has 126 valence electrons. The molecule has 1 unspecified atom stereocenters. The lowest BCUT2D eigenvalue weighted by molar-refractivity contribution is -0.185. The van der Waals surface area contributed by atoms with E-state index in [1.807, 2.05) is 0 Å². The SMILES string of the molecule is CC(C)C1N(C(C)C)C(C)(C)C(C)(C)OC(C)(C)C1(C)C. The summed E-state index contributed by atoms with van der Waals surface area (Å²) in [6, 6.07) is 0.965. The third kappa shape index (κ3) is 2.79. The minimum Gasteiger partial charge on any atom is -0.367 e. The van der Waals surface area contributed by atoms with E-state index in [1.165, 1.54) is 0 Å². The van der Waals surface area contributed by atoms with E-state index < -0.39 is 0 Å². The molecule has 0 spiro atoms. The van der Waals surface area contributed by atoms with E-state index in [1.54, 1.807) is 0 Å². The van der Waals surface area contributed by atoms with Crippen LogP contribution in [0.2, 0.25) is 0 Å². The van der Waals surface area contributed by atoms with Gasteiger partial charge in [-0.3, -0.25) is 4.90 Å². The van der Waals surface area contributed by atoms with Crippen LogP contribution in [0.1, 0.15) is 83.1 Å². The van der Waals surface area contributed by atoms with Crippen molar-refractivity contribution in [3.05, 3.63) is 0 Å². The molecule has 0 amide bonds. The summed E-state index contributed by atoms with van der Waals surface area (Å²) in [6.45, 7) is 27.8. The Morgan fingerprint density at radius 3 is 1.52 bits per heavy atom. The van der Waals surface area contributed by atoms with E-state index in [9.17, 15) is 0 Å². The average molecular weight is 298 g/mol. The zero-order valence-corrected chi connectivity index (χ0v) is 16.6. The number of nitrogens with zero attached hydrogens (tertiary/aromatic N) is 1. The van der Waals surface area contributed by atoms with Gasteiger partial charge in [0.2, 0.25) is 0 Å². The monoisotopic (exact) mass is 297 g/mol. The van der Waals surface area contributed by atoms with E-state index in [2.05, 4.69) is 88.0 Å². The quantitative estimate of drug-likeness (QED) is 0.702. The molecule has 1 saturated heterocycles. The van der Waals surface area contributed by atoms with Gasteiger partial charge in [-0.15, -0.1) is 0 Å². The Balaban J connectivity index is 3.64. The predicted molar refractivity (Wildman–Crippen MR) is 92.7 cm³/mol. The van der Waals surface area contributed by atoms with Gasteiger partial charge in [0.25, 0.3) is 0 Å². The standard InChI is InChI=1S/C19H39NO/c1-13(2)15-16(5,6)18(9,10)21-19(11,12)17(7,8)20(15)14(3)4/h13-15H,1-12H3. The smallest absolute Gasteiger partial charge is 0.0811 e. The van der Waals surface area contributed by atoms with Crippen molar-refractivity contribution in [3.8, 4) is 0 Å². The first-order chi connectivity index (χ1) is 9.09. The number of hydrogen-bond donors (Lipinski definition) is 0. The van der Waals surface area contributed by atoms with Gasteiger partial charge in [0.15, 0.2) is 0 Å². The Hall–Kier alpha value is -0.0800. The van der Waals surface area contributed by atoms with Crippen LogP contribution in [0.25, 0.3) is 0 Å². The summed E-state index contributed by atoms with van der Waals surface area (Å²) < 4.78 is 6.74. The molecule has 0 radical (unpaired) electrons. The minimum absolute atomic E-state index is 0.0266. The van der Waals surface area contributed by atoms with E-state index in [0.717, 1.165) is 0 Å². The largest absolute Gasteiger partial charge is 0.367 e. The molecule has 1 fully saturated rings. The van der Waals surface area contributed by atoms with Gasteiger partial charge >= 0.3 is 0 Å². The van der Waals surface area contributed by atoms with Gasteiger partial charge in [-0.25, -0.2) is 0 Å². The third-order valence-corrected chi connectivity index (χ3v) is 6.41. The molecular weight excluding hydrogens is 258 g/mol. The Morgan fingerprint density at radius 1 is 0.762 bits per heavy atom. The fraction of sp³-hybridized carbons (Fsp3) is 1.00. The van der Waals surface area contributed by atoms with E-state index in [4.69, 9.17) is 4.74 Å². The van der Waals surface area contributed by atoms with Crippen LogP contribution >= 0.6 is 0 Å². The number of rotatable bonds is 2. The van der Waals surface area contributed by atoms with Crippen LogP contribution in [-0.4, -0.2) is 33.7 Å². The van der Waals surface area contributed by atoms with Crippen LogP contribution in [0.5, 0.6) is 0 Å². The van der Waals surface area contributed by atoms with Gasteiger partial charge in [0, 0.05) is 23.0 Å². The van der Waals surface area contributed by atoms with Gasteiger partial charge in [-0.05, 0) is 61.3 Å². The van der Waals surface area contributed by atoms with Crippen molar-refractivity contribution in [2.45, 2.75) is 112 Å². The molecule has 2 nitrogen and oxygen atoms in total. The molecular formula is C19H39NO.